The van der Waals surface area contributed by atoms with Crippen LogP contribution in [0.3, 0.4) is 0 Å². The Kier molecular flexibility index (Phi) is 6.65. The Morgan fingerprint density at radius 3 is 2.89 bits per heavy atom. The van der Waals surface area contributed by atoms with Crippen LogP contribution in [0.1, 0.15) is 39.5 Å². The van der Waals surface area contributed by atoms with E-state index in [0.29, 0.717) is 12.3 Å². The molecule has 0 radical (unpaired) electrons. The standard InChI is InChI=1S/C14H28N2O2/c1-14(2,7-9-18-3)11-16-13(17)5-4-12-6-8-15-10-12/h12,15H,4-11H2,1-3H3,(H,16,17). The maximum Gasteiger partial charge on any atom is 0.220 e. The Balaban J connectivity index is 2.11. The van der Waals surface area contributed by atoms with E-state index in [9.17, 15) is 4.79 Å². The van der Waals surface area contributed by atoms with Crippen LogP contribution in [-0.4, -0.2) is 39.3 Å². The highest BCUT2D eigenvalue weighted by atomic mass is 16.5. The van der Waals surface area contributed by atoms with Gasteiger partial charge in [-0.1, -0.05) is 13.8 Å². The summed E-state index contributed by atoms with van der Waals surface area (Å²) in [4.78, 5) is 11.8. The molecule has 0 saturated carbocycles. The molecule has 0 aromatic heterocycles. The molecule has 1 aliphatic heterocycles. The number of carbonyl (C=O) groups is 1. The molecule has 4 heteroatoms. The SMILES string of the molecule is COCCC(C)(C)CNC(=O)CCC1CCNC1. The summed E-state index contributed by atoms with van der Waals surface area (Å²) in [5, 5.41) is 6.37. The predicted molar refractivity (Wildman–Crippen MR) is 73.5 cm³/mol. The Hall–Kier alpha value is -0.610. The zero-order valence-electron chi connectivity index (χ0n) is 12.1. The van der Waals surface area contributed by atoms with Gasteiger partial charge in [-0.05, 0) is 43.7 Å². The molecule has 1 aliphatic rings. The van der Waals surface area contributed by atoms with Gasteiger partial charge < -0.3 is 15.4 Å². The molecule has 0 spiro atoms. The summed E-state index contributed by atoms with van der Waals surface area (Å²) in [6, 6.07) is 0. The molecular weight excluding hydrogens is 228 g/mol. The third kappa shape index (κ3) is 6.36. The normalized spacial score (nSPS) is 20.1. The van der Waals surface area contributed by atoms with E-state index >= 15 is 0 Å². The monoisotopic (exact) mass is 256 g/mol. The lowest BCUT2D eigenvalue weighted by atomic mass is 9.89. The van der Waals surface area contributed by atoms with Gasteiger partial charge in [-0.15, -0.1) is 0 Å². The molecule has 2 N–H and O–H groups in total. The third-order valence-corrected chi connectivity index (χ3v) is 3.69. The van der Waals surface area contributed by atoms with Gasteiger partial charge in [0.15, 0.2) is 0 Å². The molecule has 1 atom stereocenters. The van der Waals surface area contributed by atoms with E-state index in [2.05, 4.69) is 24.5 Å². The van der Waals surface area contributed by atoms with Crippen LogP contribution >= 0.6 is 0 Å². The number of methoxy groups -OCH3 is 1. The van der Waals surface area contributed by atoms with E-state index < -0.39 is 0 Å². The van der Waals surface area contributed by atoms with Crippen LogP contribution in [0, 0.1) is 11.3 Å². The summed E-state index contributed by atoms with van der Waals surface area (Å²) in [5.41, 5.74) is 0.112. The van der Waals surface area contributed by atoms with Crippen LogP contribution in [0.5, 0.6) is 0 Å². The summed E-state index contributed by atoms with van der Waals surface area (Å²) in [6.07, 6.45) is 3.85. The molecular formula is C14H28N2O2. The molecule has 1 saturated heterocycles. The summed E-state index contributed by atoms with van der Waals surface area (Å²) >= 11 is 0. The Morgan fingerprint density at radius 1 is 1.50 bits per heavy atom. The molecule has 1 fully saturated rings. The van der Waals surface area contributed by atoms with Crippen LogP contribution in [-0.2, 0) is 9.53 Å². The molecule has 1 amide bonds. The second-order valence-corrected chi connectivity index (χ2v) is 6.08. The topological polar surface area (TPSA) is 50.4 Å². The fourth-order valence-corrected chi connectivity index (χ4v) is 2.19. The second-order valence-electron chi connectivity index (χ2n) is 6.08. The first kappa shape index (κ1) is 15.4. The van der Waals surface area contributed by atoms with Gasteiger partial charge >= 0.3 is 0 Å². The van der Waals surface area contributed by atoms with Crippen molar-refractivity contribution in [1.82, 2.24) is 10.6 Å². The minimum Gasteiger partial charge on any atom is -0.385 e. The fraction of sp³-hybridized carbons (Fsp3) is 0.929. The van der Waals surface area contributed by atoms with E-state index in [1.165, 1.54) is 6.42 Å². The van der Waals surface area contributed by atoms with Crippen molar-refractivity contribution < 1.29 is 9.53 Å². The largest absolute Gasteiger partial charge is 0.385 e. The third-order valence-electron chi connectivity index (χ3n) is 3.69. The van der Waals surface area contributed by atoms with Gasteiger partial charge in [0, 0.05) is 26.7 Å². The zero-order chi connectivity index (χ0) is 13.4. The smallest absolute Gasteiger partial charge is 0.220 e. The van der Waals surface area contributed by atoms with Gasteiger partial charge in [0.25, 0.3) is 0 Å². The molecule has 0 aromatic rings. The Morgan fingerprint density at radius 2 is 2.28 bits per heavy atom. The molecule has 0 aromatic carbocycles. The van der Waals surface area contributed by atoms with Gasteiger partial charge in [0.1, 0.15) is 0 Å². The first-order valence-corrected chi connectivity index (χ1v) is 7.00. The summed E-state index contributed by atoms with van der Waals surface area (Å²) in [7, 11) is 1.71. The van der Waals surface area contributed by atoms with Crippen molar-refractivity contribution in [2.45, 2.75) is 39.5 Å². The van der Waals surface area contributed by atoms with E-state index in [0.717, 1.165) is 39.1 Å². The average Bonchev–Trinajstić information content (AvgIpc) is 2.84. The minimum absolute atomic E-state index is 0.112. The van der Waals surface area contributed by atoms with Crippen molar-refractivity contribution in [3.63, 3.8) is 0 Å². The number of rotatable bonds is 8. The number of nitrogens with one attached hydrogen (secondary N) is 2. The molecule has 0 aliphatic carbocycles. The fourth-order valence-electron chi connectivity index (χ4n) is 2.19. The lowest BCUT2D eigenvalue weighted by molar-refractivity contribution is -0.121. The van der Waals surface area contributed by atoms with Crippen molar-refractivity contribution in [2.75, 3.05) is 33.4 Å². The van der Waals surface area contributed by atoms with E-state index in [4.69, 9.17) is 4.74 Å². The van der Waals surface area contributed by atoms with Crippen LogP contribution in [0.25, 0.3) is 0 Å². The van der Waals surface area contributed by atoms with Crippen molar-refractivity contribution in [1.29, 1.82) is 0 Å². The number of hydrogen-bond donors (Lipinski definition) is 2. The van der Waals surface area contributed by atoms with Gasteiger partial charge in [-0.2, -0.15) is 0 Å². The van der Waals surface area contributed by atoms with Gasteiger partial charge in [0.2, 0.25) is 5.91 Å². The first-order valence-electron chi connectivity index (χ1n) is 7.00. The molecule has 106 valence electrons. The van der Waals surface area contributed by atoms with Gasteiger partial charge in [0.05, 0.1) is 0 Å². The van der Waals surface area contributed by atoms with E-state index in [1.807, 2.05) is 0 Å². The number of hydrogen-bond acceptors (Lipinski definition) is 3. The Labute approximate surface area is 111 Å². The number of amides is 1. The average molecular weight is 256 g/mol. The Bertz CT molecular complexity index is 248. The lowest BCUT2D eigenvalue weighted by Gasteiger charge is -2.24. The molecule has 1 rings (SSSR count). The van der Waals surface area contributed by atoms with Crippen LogP contribution in [0.4, 0.5) is 0 Å². The molecule has 18 heavy (non-hydrogen) atoms. The first-order chi connectivity index (χ1) is 8.53. The highest BCUT2D eigenvalue weighted by Gasteiger charge is 2.19. The van der Waals surface area contributed by atoms with Crippen LogP contribution < -0.4 is 10.6 Å². The minimum atomic E-state index is 0.112. The number of carbonyl (C=O) groups excluding carboxylic acids is 1. The zero-order valence-corrected chi connectivity index (χ0v) is 12.1. The van der Waals surface area contributed by atoms with Gasteiger partial charge in [-0.3, -0.25) is 4.79 Å². The maximum absolute atomic E-state index is 11.8. The number of ether oxygens (including phenoxy) is 1. The van der Waals surface area contributed by atoms with Crippen molar-refractivity contribution in [3.05, 3.63) is 0 Å². The van der Waals surface area contributed by atoms with Crippen molar-refractivity contribution in [3.8, 4) is 0 Å². The maximum atomic E-state index is 11.8. The molecule has 4 nitrogen and oxygen atoms in total. The molecule has 1 heterocycles. The van der Waals surface area contributed by atoms with E-state index in [-0.39, 0.29) is 11.3 Å². The summed E-state index contributed by atoms with van der Waals surface area (Å²) in [5.74, 6) is 0.879. The second kappa shape index (κ2) is 7.74. The van der Waals surface area contributed by atoms with E-state index in [1.54, 1.807) is 7.11 Å². The summed E-state index contributed by atoms with van der Waals surface area (Å²) < 4.78 is 5.08. The van der Waals surface area contributed by atoms with Crippen molar-refractivity contribution >= 4 is 5.91 Å². The van der Waals surface area contributed by atoms with Crippen LogP contribution in [0.2, 0.25) is 0 Å². The van der Waals surface area contributed by atoms with Gasteiger partial charge in [-0.25, -0.2) is 0 Å². The predicted octanol–water partition coefficient (Wildman–Crippen LogP) is 1.56. The lowest BCUT2D eigenvalue weighted by Crippen LogP contribution is -2.34. The van der Waals surface area contributed by atoms with Crippen molar-refractivity contribution in [2.24, 2.45) is 11.3 Å². The molecule has 0 bridgehead atoms. The summed E-state index contributed by atoms with van der Waals surface area (Å²) in [6.45, 7) is 7.98. The quantitative estimate of drug-likeness (QED) is 0.693. The highest BCUT2D eigenvalue weighted by Crippen LogP contribution is 2.19. The molecule has 1 unspecified atom stereocenters. The highest BCUT2D eigenvalue weighted by molar-refractivity contribution is 5.75. The van der Waals surface area contributed by atoms with Crippen LogP contribution in [0.15, 0.2) is 0 Å².